The minimum Gasteiger partial charge on any atom is -0.324 e. The highest BCUT2D eigenvalue weighted by molar-refractivity contribution is 9.10. The van der Waals surface area contributed by atoms with E-state index in [2.05, 4.69) is 25.6 Å². The molecule has 102 valence electrons. The van der Waals surface area contributed by atoms with Crippen LogP contribution < -0.4 is 4.72 Å². The van der Waals surface area contributed by atoms with E-state index in [-0.39, 0.29) is 10.2 Å². The average molecular weight is 365 g/mol. The maximum atomic E-state index is 12.2. The zero-order valence-corrected chi connectivity index (χ0v) is 13.3. The fraction of sp³-hybridized carbons (Fsp3) is 0.182. The zero-order valence-electron chi connectivity index (χ0n) is 10.2. The van der Waals surface area contributed by atoms with Gasteiger partial charge >= 0.3 is 0 Å². The molecule has 0 bridgehead atoms. The minimum absolute atomic E-state index is 0.0715. The normalized spacial score (nSPS) is 11.6. The molecule has 5 nitrogen and oxygen atoms in total. The second-order valence-electron chi connectivity index (χ2n) is 4.02. The number of sulfonamides is 1. The van der Waals surface area contributed by atoms with Gasteiger partial charge in [0.2, 0.25) is 5.03 Å². The fourth-order valence-corrected chi connectivity index (χ4v) is 3.55. The lowest BCUT2D eigenvalue weighted by Crippen LogP contribution is -2.14. The van der Waals surface area contributed by atoms with Gasteiger partial charge in [-0.2, -0.15) is 8.42 Å². The number of nitrogens with zero attached hydrogens (tertiary/aromatic N) is 2. The van der Waals surface area contributed by atoms with Crippen molar-refractivity contribution in [3.05, 3.63) is 39.7 Å². The van der Waals surface area contributed by atoms with E-state index in [0.717, 1.165) is 10.0 Å². The lowest BCUT2D eigenvalue weighted by atomic mass is 10.2. The Hall–Kier alpha value is -1.05. The number of imidazole rings is 1. The van der Waals surface area contributed by atoms with E-state index in [4.69, 9.17) is 11.6 Å². The van der Waals surface area contributed by atoms with Gasteiger partial charge in [-0.15, -0.1) is 0 Å². The van der Waals surface area contributed by atoms with E-state index in [1.165, 1.54) is 10.9 Å². The summed E-state index contributed by atoms with van der Waals surface area (Å²) in [6.07, 6.45) is 1.35. The van der Waals surface area contributed by atoms with Crippen LogP contribution in [0.3, 0.4) is 0 Å². The standard InChI is InChI=1S/C11H11BrClN3O2S/c1-7-5-8(12)3-4-9(7)15-19(17,18)11-10(13)16(2)6-14-11/h3-6,15H,1-2H3. The van der Waals surface area contributed by atoms with Crippen molar-refractivity contribution < 1.29 is 8.42 Å². The van der Waals surface area contributed by atoms with Crippen LogP contribution in [0.2, 0.25) is 5.15 Å². The molecular weight excluding hydrogens is 354 g/mol. The van der Waals surface area contributed by atoms with Crippen LogP contribution in [0.15, 0.2) is 34.0 Å². The summed E-state index contributed by atoms with van der Waals surface area (Å²) in [6, 6.07) is 5.25. The predicted octanol–water partition coefficient (Wildman–Crippen LogP) is 2.95. The van der Waals surface area contributed by atoms with Gasteiger partial charge in [0.15, 0.2) is 0 Å². The maximum Gasteiger partial charge on any atom is 0.282 e. The first-order valence-corrected chi connectivity index (χ1v) is 7.92. The van der Waals surface area contributed by atoms with E-state index in [1.807, 2.05) is 13.0 Å². The summed E-state index contributed by atoms with van der Waals surface area (Å²) in [4.78, 5) is 3.80. The van der Waals surface area contributed by atoms with Gasteiger partial charge in [-0.1, -0.05) is 27.5 Å². The quantitative estimate of drug-likeness (QED) is 0.910. The van der Waals surface area contributed by atoms with Crippen molar-refractivity contribution in [1.82, 2.24) is 9.55 Å². The third-order valence-electron chi connectivity index (χ3n) is 2.52. The van der Waals surface area contributed by atoms with Crippen LogP contribution in [0.1, 0.15) is 5.56 Å². The third-order valence-corrected chi connectivity index (χ3v) is 4.87. The fourth-order valence-electron chi connectivity index (χ4n) is 1.51. The molecule has 8 heteroatoms. The number of aryl methyl sites for hydroxylation is 2. The molecule has 1 N–H and O–H groups in total. The first-order valence-electron chi connectivity index (χ1n) is 5.27. The Morgan fingerprint density at radius 3 is 2.63 bits per heavy atom. The van der Waals surface area contributed by atoms with E-state index in [0.29, 0.717) is 5.69 Å². The van der Waals surface area contributed by atoms with Crippen LogP contribution in [-0.4, -0.2) is 18.0 Å². The van der Waals surface area contributed by atoms with Gasteiger partial charge in [0.05, 0.1) is 12.0 Å². The number of hydrogen-bond acceptors (Lipinski definition) is 3. The van der Waals surface area contributed by atoms with Crippen molar-refractivity contribution in [1.29, 1.82) is 0 Å². The lowest BCUT2D eigenvalue weighted by molar-refractivity contribution is 0.598. The Morgan fingerprint density at radius 2 is 2.11 bits per heavy atom. The third kappa shape index (κ3) is 2.93. The second-order valence-corrected chi connectivity index (χ2v) is 6.89. The molecule has 0 unspecified atom stereocenters. The maximum absolute atomic E-state index is 12.2. The summed E-state index contributed by atoms with van der Waals surface area (Å²) < 4.78 is 29.2. The SMILES string of the molecule is Cc1cc(Br)ccc1NS(=O)(=O)c1ncn(C)c1Cl. The second kappa shape index (κ2) is 5.15. The lowest BCUT2D eigenvalue weighted by Gasteiger charge is -2.09. The summed E-state index contributed by atoms with van der Waals surface area (Å²) in [5.41, 5.74) is 1.29. The molecule has 0 aliphatic rings. The molecule has 1 aromatic carbocycles. The summed E-state index contributed by atoms with van der Waals surface area (Å²) in [6.45, 7) is 1.81. The van der Waals surface area contributed by atoms with Crippen molar-refractivity contribution in [2.24, 2.45) is 7.05 Å². The predicted molar refractivity (Wildman–Crippen MR) is 77.9 cm³/mol. The van der Waals surface area contributed by atoms with Crippen molar-refractivity contribution in [2.45, 2.75) is 11.9 Å². The van der Waals surface area contributed by atoms with Gasteiger partial charge in [-0.05, 0) is 30.7 Å². The Balaban J connectivity index is 2.39. The van der Waals surface area contributed by atoms with Crippen molar-refractivity contribution in [3.63, 3.8) is 0 Å². The van der Waals surface area contributed by atoms with Gasteiger partial charge in [0.25, 0.3) is 10.0 Å². The molecule has 0 aliphatic carbocycles. The minimum atomic E-state index is -3.79. The summed E-state index contributed by atoms with van der Waals surface area (Å²) in [7, 11) is -2.16. The number of anilines is 1. The number of halogens is 2. The molecule has 0 aliphatic heterocycles. The molecule has 19 heavy (non-hydrogen) atoms. The molecular formula is C11H11BrClN3O2S. The van der Waals surface area contributed by atoms with Gasteiger partial charge in [0, 0.05) is 11.5 Å². The molecule has 0 fully saturated rings. The van der Waals surface area contributed by atoms with E-state index < -0.39 is 10.0 Å². The van der Waals surface area contributed by atoms with Crippen LogP contribution in [0.5, 0.6) is 0 Å². The highest BCUT2D eigenvalue weighted by Gasteiger charge is 2.22. The van der Waals surface area contributed by atoms with E-state index in [9.17, 15) is 8.42 Å². The molecule has 0 atom stereocenters. The Morgan fingerprint density at radius 1 is 1.42 bits per heavy atom. The highest BCUT2D eigenvalue weighted by atomic mass is 79.9. The summed E-state index contributed by atoms with van der Waals surface area (Å²) in [5.74, 6) is 0. The van der Waals surface area contributed by atoms with Crippen molar-refractivity contribution >= 4 is 43.2 Å². The van der Waals surface area contributed by atoms with Gasteiger partial charge in [0.1, 0.15) is 5.15 Å². The van der Waals surface area contributed by atoms with Crippen LogP contribution in [0, 0.1) is 6.92 Å². The first-order chi connectivity index (χ1) is 8.81. The molecule has 1 aromatic heterocycles. The van der Waals surface area contributed by atoms with Crippen LogP contribution >= 0.6 is 27.5 Å². The van der Waals surface area contributed by atoms with Gasteiger partial charge < -0.3 is 4.57 Å². The molecule has 2 aromatic rings. The monoisotopic (exact) mass is 363 g/mol. The molecule has 2 rings (SSSR count). The van der Waals surface area contributed by atoms with Crippen molar-refractivity contribution in [2.75, 3.05) is 4.72 Å². The summed E-state index contributed by atoms with van der Waals surface area (Å²) in [5, 5.41) is -0.110. The molecule has 0 amide bonds. The molecule has 0 saturated carbocycles. The Labute approximate surface area is 124 Å². The van der Waals surface area contributed by atoms with Gasteiger partial charge in [-0.25, -0.2) is 4.98 Å². The highest BCUT2D eigenvalue weighted by Crippen LogP contribution is 2.25. The molecule has 1 heterocycles. The number of rotatable bonds is 3. The largest absolute Gasteiger partial charge is 0.324 e. The first kappa shape index (κ1) is 14.4. The molecule has 0 spiro atoms. The van der Waals surface area contributed by atoms with Crippen LogP contribution in [0.4, 0.5) is 5.69 Å². The van der Waals surface area contributed by atoms with Gasteiger partial charge in [-0.3, -0.25) is 4.72 Å². The topological polar surface area (TPSA) is 64.0 Å². The van der Waals surface area contributed by atoms with E-state index >= 15 is 0 Å². The van der Waals surface area contributed by atoms with Crippen LogP contribution in [0.25, 0.3) is 0 Å². The number of benzene rings is 1. The number of hydrogen-bond donors (Lipinski definition) is 1. The molecule has 0 saturated heterocycles. The van der Waals surface area contributed by atoms with Crippen molar-refractivity contribution in [3.8, 4) is 0 Å². The molecule has 0 radical (unpaired) electrons. The number of nitrogens with one attached hydrogen (secondary N) is 1. The smallest absolute Gasteiger partial charge is 0.282 e. The Bertz CT molecular complexity index is 728. The average Bonchev–Trinajstić information content (AvgIpc) is 2.64. The zero-order chi connectivity index (χ0) is 14.2. The Kier molecular flexibility index (Phi) is 3.89. The summed E-state index contributed by atoms with van der Waals surface area (Å²) >= 11 is 9.22. The number of aromatic nitrogens is 2. The van der Waals surface area contributed by atoms with E-state index in [1.54, 1.807) is 19.2 Å². The van der Waals surface area contributed by atoms with Crippen LogP contribution in [-0.2, 0) is 17.1 Å².